The number of para-hydroxylation sites is 3. The summed E-state index contributed by atoms with van der Waals surface area (Å²) in [5, 5.41) is 3.32. The first-order valence-electron chi connectivity index (χ1n) is 11.3. The fourth-order valence-corrected chi connectivity index (χ4v) is 4.27. The second kappa shape index (κ2) is 10.5. The molecule has 0 saturated carbocycles. The molecule has 4 rings (SSSR count). The highest BCUT2D eigenvalue weighted by Crippen LogP contribution is 2.21. The van der Waals surface area contributed by atoms with Gasteiger partial charge in [0.25, 0.3) is 5.91 Å². The molecule has 0 fully saturated rings. The number of halogens is 1. The van der Waals surface area contributed by atoms with Gasteiger partial charge in [-0.15, -0.1) is 0 Å². The van der Waals surface area contributed by atoms with Gasteiger partial charge in [0.1, 0.15) is 12.4 Å². The lowest BCUT2D eigenvalue weighted by molar-refractivity contribution is -0.119. The van der Waals surface area contributed by atoms with Gasteiger partial charge in [0.2, 0.25) is 5.91 Å². The van der Waals surface area contributed by atoms with Crippen molar-refractivity contribution in [3.8, 4) is 0 Å². The van der Waals surface area contributed by atoms with Gasteiger partial charge < -0.3 is 14.8 Å². The quantitative estimate of drug-likeness (QED) is 0.386. The largest absolute Gasteiger partial charge is 0.352 e. The minimum atomic E-state index is -0.237. The molecule has 7 heteroatoms. The Morgan fingerprint density at radius 1 is 0.971 bits per heavy atom. The Balaban J connectivity index is 1.55. The average molecular weight is 475 g/mol. The van der Waals surface area contributed by atoms with Crippen LogP contribution in [0.1, 0.15) is 30.0 Å². The maximum Gasteiger partial charge on any atom is 0.252 e. The van der Waals surface area contributed by atoms with Gasteiger partial charge in [-0.25, -0.2) is 4.98 Å². The van der Waals surface area contributed by atoms with Crippen molar-refractivity contribution in [3.63, 3.8) is 0 Å². The minimum absolute atomic E-state index is 0.00282. The van der Waals surface area contributed by atoms with Crippen molar-refractivity contribution in [1.29, 1.82) is 0 Å². The van der Waals surface area contributed by atoms with E-state index in [1.165, 1.54) is 0 Å². The van der Waals surface area contributed by atoms with E-state index in [2.05, 4.69) is 5.32 Å². The number of aromatic nitrogens is 2. The molecule has 34 heavy (non-hydrogen) atoms. The second-order valence-corrected chi connectivity index (χ2v) is 8.69. The van der Waals surface area contributed by atoms with Gasteiger partial charge in [-0.3, -0.25) is 9.59 Å². The summed E-state index contributed by atoms with van der Waals surface area (Å²) in [5.74, 6) is 0.482. The van der Waals surface area contributed by atoms with Crippen molar-refractivity contribution in [3.05, 3.63) is 95.3 Å². The fraction of sp³-hybridized carbons (Fsp3) is 0.222. The number of hydrogen-bond donors (Lipinski definition) is 1. The van der Waals surface area contributed by atoms with Gasteiger partial charge in [-0.05, 0) is 50.2 Å². The molecule has 3 aromatic carbocycles. The average Bonchev–Trinajstić information content (AvgIpc) is 3.17. The zero-order valence-electron chi connectivity index (χ0n) is 19.2. The monoisotopic (exact) mass is 474 g/mol. The lowest BCUT2D eigenvalue weighted by Crippen LogP contribution is -2.39. The molecule has 0 unspecified atom stereocenters. The standard InChI is InChI=1S/C27H27ClN4O2/c1-19(2)32(20-10-4-3-5-11-20)26(33)18-31-24-15-9-8-14-23(24)30-25(31)16-17-29-27(34)21-12-6-7-13-22(21)28/h3-15,19H,16-18H2,1-2H3,(H,29,34). The number of rotatable bonds is 8. The third kappa shape index (κ3) is 5.13. The summed E-state index contributed by atoms with van der Waals surface area (Å²) in [5.41, 5.74) is 3.00. The number of fused-ring (bicyclic) bond motifs is 1. The Morgan fingerprint density at radius 3 is 2.38 bits per heavy atom. The van der Waals surface area contributed by atoms with Crippen LogP contribution in [0.2, 0.25) is 5.02 Å². The van der Waals surface area contributed by atoms with Crippen molar-refractivity contribution >= 4 is 40.1 Å². The highest BCUT2D eigenvalue weighted by molar-refractivity contribution is 6.33. The second-order valence-electron chi connectivity index (χ2n) is 8.28. The summed E-state index contributed by atoms with van der Waals surface area (Å²) in [6.45, 7) is 4.53. The van der Waals surface area contributed by atoms with Crippen molar-refractivity contribution in [2.45, 2.75) is 32.9 Å². The van der Waals surface area contributed by atoms with Crippen LogP contribution in [0.3, 0.4) is 0 Å². The topological polar surface area (TPSA) is 67.2 Å². The number of carbonyl (C=O) groups excluding carboxylic acids is 2. The number of hydrogen-bond acceptors (Lipinski definition) is 3. The zero-order valence-corrected chi connectivity index (χ0v) is 20.0. The predicted octanol–water partition coefficient (Wildman–Crippen LogP) is 5.10. The molecule has 0 spiro atoms. The van der Waals surface area contributed by atoms with E-state index < -0.39 is 0 Å². The smallest absolute Gasteiger partial charge is 0.252 e. The van der Waals surface area contributed by atoms with E-state index in [4.69, 9.17) is 16.6 Å². The molecule has 6 nitrogen and oxygen atoms in total. The lowest BCUT2D eigenvalue weighted by atomic mass is 10.2. The molecule has 174 valence electrons. The zero-order chi connectivity index (χ0) is 24.1. The summed E-state index contributed by atoms with van der Waals surface area (Å²) in [6, 6.07) is 24.4. The molecule has 4 aromatic rings. The number of imidazole rings is 1. The van der Waals surface area contributed by atoms with Gasteiger partial charge in [0.15, 0.2) is 0 Å². The summed E-state index contributed by atoms with van der Waals surface area (Å²) in [6.07, 6.45) is 0.477. The third-order valence-electron chi connectivity index (χ3n) is 5.60. The molecule has 0 atom stereocenters. The number of amides is 2. The first kappa shape index (κ1) is 23.5. The molecule has 1 heterocycles. The molecular weight excluding hydrogens is 448 g/mol. The van der Waals surface area contributed by atoms with Crippen LogP contribution < -0.4 is 10.2 Å². The first-order valence-corrected chi connectivity index (χ1v) is 11.7. The SMILES string of the molecule is CC(C)N(C(=O)Cn1c(CCNC(=O)c2ccccc2Cl)nc2ccccc21)c1ccccc1. The summed E-state index contributed by atoms with van der Waals surface area (Å²) in [4.78, 5) is 32.5. The normalized spacial score (nSPS) is 11.1. The van der Waals surface area contributed by atoms with Gasteiger partial charge >= 0.3 is 0 Å². The predicted molar refractivity (Wildman–Crippen MR) is 136 cm³/mol. The van der Waals surface area contributed by atoms with Gasteiger partial charge in [0, 0.05) is 24.7 Å². The summed E-state index contributed by atoms with van der Waals surface area (Å²) < 4.78 is 1.94. The van der Waals surface area contributed by atoms with Crippen LogP contribution in [0.5, 0.6) is 0 Å². The molecule has 2 amide bonds. The van der Waals surface area contributed by atoms with Crippen LogP contribution >= 0.6 is 11.6 Å². The van der Waals surface area contributed by atoms with E-state index in [9.17, 15) is 9.59 Å². The van der Waals surface area contributed by atoms with E-state index in [0.717, 1.165) is 22.5 Å². The van der Waals surface area contributed by atoms with Gasteiger partial charge in [-0.2, -0.15) is 0 Å². The maximum atomic E-state index is 13.4. The molecular formula is C27H27ClN4O2. The number of nitrogens with one attached hydrogen (secondary N) is 1. The molecule has 1 aromatic heterocycles. The molecule has 0 aliphatic heterocycles. The van der Waals surface area contributed by atoms with Crippen LogP contribution in [-0.2, 0) is 17.8 Å². The van der Waals surface area contributed by atoms with Crippen molar-refractivity contribution in [2.75, 3.05) is 11.4 Å². The van der Waals surface area contributed by atoms with E-state index in [1.807, 2.05) is 73.0 Å². The number of benzene rings is 3. The minimum Gasteiger partial charge on any atom is -0.352 e. The van der Waals surface area contributed by atoms with Crippen LogP contribution in [0.4, 0.5) is 5.69 Å². The Labute approximate surface area is 204 Å². The highest BCUT2D eigenvalue weighted by Gasteiger charge is 2.22. The van der Waals surface area contributed by atoms with Crippen molar-refractivity contribution in [1.82, 2.24) is 14.9 Å². The van der Waals surface area contributed by atoms with Gasteiger partial charge in [0.05, 0.1) is 21.6 Å². The molecule has 0 bridgehead atoms. The third-order valence-corrected chi connectivity index (χ3v) is 5.93. The summed E-state index contributed by atoms with van der Waals surface area (Å²) in [7, 11) is 0. The number of nitrogens with zero attached hydrogens (tertiary/aromatic N) is 3. The summed E-state index contributed by atoms with van der Waals surface area (Å²) >= 11 is 6.14. The number of anilines is 1. The van der Waals surface area contributed by atoms with Crippen LogP contribution in [0.25, 0.3) is 11.0 Å². The van der Waals surface area contributed by atoms with E-state index in [-0.39, 0.29) is 24.4 Å². The lowest BCUT2D eigenvalue weighted by Gasteiger charge is -2.27. The Bertz CT molecular complexity index is 1300. The Hall–Kier alpha value is -3.64. The molecule has 0 aliphatic rings. The molecule has 0 saturated heterocycles. The number of carbonyl (C=O) groups is 2. The van der Waals surface area contributed by atoms with E-state index >= 15 is 0 Å². The van der Waals surface area contributed by atoms with Crippen molar-refractivity contribution < 1.29 is 9.59 Å². The van der Waals surface area contributed by atoms with Crippen molar-refractivity contribution in [2.24, 2.45) is 0 Å². The fourth-order valence-electron chi connectivity index (χ4n) is 4.05. The van der Waals surface area contributed by atoms with Crippen LogP contribution in [0, 0.1) is 0 Å². The van der Waals surface area contributed by atoms with Crippen LogP contribution in [0.15, 0.2) is 78.9 Å². The molecule has 1 N–H and O–H groups in total. The van der Waals surface area contributed by atoms with E-state index in [0.29, 0.717) is 23.6 Å². The highest BCUT2D eigenvalue weighted by atomic mass is 35.5. The first-order chi connectivity index (χ1) is 16.5. The Kier molecular flexibility index (Phi) is 7.28. The molecule has 0 radical (unpaired) electrons. The van der Waals surface area contributed by atoms with Gasteiger partial charge in [-0.1, -0.05) is 54.1 Å². The van der Waals surface area contributed by atoms with E-state index in [1.54, 1.807) is 29.2 Å². The van der Waals surface area contributed by atoms with Crippen LogP contribution in [-0.4, -0.2) is 34.0 Å². The molecule has 0 aliphatic carbocycles. The Morgan fingerprint density at radius 2 is 1.65 bits per heavy atom. The maximum absolute atomic E-state index is 13.4.